The highest BCUT2D eigenvalue weighted by Crippen LogP contribution is 2.10. The molecule has 0 aliphatic carbocycles. The van der Waals surface area contributed by atoms with E-state index in [9.17, 15) is 9.59 Å². The van der Waals surface area contributed by atoms with Gasteiger partial charge in [0.15, 0.2) is 0 Å². The number of likely N-dealkylation sites (tertiary alicyclic amines) is 1. The molecular formula is C13H26N4O2. The molecule has 110 valence electrons. The fourth-order valence-corrected chi connectivity index (χ4v) is 2.19. The van der Waals surface area contributed by atoms with Crippen molar-refractivity contribution in [2.24, 2.45) is 5.73 Å². The second-order valence-electron chi connectivity index (χ2n) is 5.16. The summed E-state index contributed by atoms with van der Waals surface area (Å²) in [5.41, 5.74) is 5.76. The molecule has 4 N–H and O–H groups in total. The summed E-state index contributed by atoms with van der Waals surface area (Å²) in [7, 11) is 1.65. The lowest BCUT2D eigenvalue weighted by molar-refractivity contribution is -0.124. The van der Waals surface area contributed by atoms with Gasteiger partial charge in [-0.25, -0.2) is 0 Å². The molecule has 0 saturated carbocycles. The van der Waals surface area contributed by atoms with Gasteiger partial charge in [-0.2, -0.15) is 0 Å². The summed E-state index contributed by atoms with van der Waals surface area (Å²) in [6, 6.07) is 0.172. The van der Waals surface area contributed by atoms with Crippen LogP contribution in [0.2, 0.25) is 0 Å². The second-order valence-corrected chi connectivity index (χ2v) is 5.16. The second kappa shape index (κ2) is 8.12. The first-order valence-electron chi connectivity index (χ1n) is 7.03. The molecule has 6 heteroatoms. The number of amides is 2. The van der Waals surface area contributed by atoms with Gasteiger partial charge in [0.05, 0.1) is 6.54 Å². The number of hydrogen-bond acceptors (Lipinski definition) is 4. The van der Waals surface area contributed by atoms with Gasteiger partial charge < -0.3 is 16.4 Å². The minimum atomic E-state index is -0.0478. The number of rotatable bonds is 6. The summed E-state index contributed by atoms with van der Waals surface area (Å²) < 4.78 is 0. The van der Waals surface area contributed by atoms with Crippen LogP contribution in [-0.2, 0) is 9.59 Å². The molecule has 1 unspecified atom stereocenters. The summed E-state index contributed by atoms with van der Waals surface area (Å²) in [5.74, 6) is 0.0792. The molecule has 1 rings (SSSR count). The molecule has 0 aromatic rings. The lowest BCUT2D eigenvalue weighted by Crippen LogP contribution is -2.47. The first kappa shape index (κ1) is 15.9. The number of nitrogens with one attached hydrogen (secondary N) is 2. The largest absolute Gasteiger partial charge is 0.358 e. The molecule has 19 heavy (non-hydrogen) atoms. The SMILES string of the molecule is CCC(N)CC(=O)NC1CCN(CC(=O)NC)CC1. The van der Waals surface area contributed by atoms with Gasteiger partial charge in [-0.3, -0.25) is 14.5 Å². The number of hydrogen-bond donors (Lipinski definition) is 3. The standard InChI is InChI=1S/C13H26N4O2/c1-3-10(14)8-12(18)16-11-4-6-17(7-5-11)9-13(19)15-2/h10-11H,3-9,14H2,1-2H3,(H,15,19)(H,16,18). The Kier molecular flexibility index (Phi) is 6.80. The lowest BCUT2D eigenvalue weighted by Gasteiger charge is -2.31. The van der Waals surface area contributed by atoms with Crippen LogP contribution in [0.1, 0.15) is 32.6 Å². The van der Waals surface area contributed by atoms with Crippen molar-refractivity contribution in [2.75, 3.05) is 26.7 Å². The highest BCUT2D eigenvalue weighted by Gasteiger charge is 2.22. The van der Waals surface area contributed by atoms with E-state index in [1.807, 2.05) is 6.92 Å². The maximum absolute atomic E-state index is 11.7. The van der Waals surface area contributed by atoms with Crippen LogP contribution in [0.4, 0.5) is 0 Å². The Morgan fingerprint density at radius 3 is 2.47 bits per heavy atom. The number of carbonyl (C=O) groups is 2. The Balaban J connectivity index is 2.22. The predicted octanol–water partition coefficient (Wildman–Crippen LogP) is -0.560. The summed E-state index contributed by atoms with van der Waals surface area (Å²) >= 11 is 0. The smallest absolute Gasteiger partial charge is 0.233 e. The van der Waals surface area contributed by atoms with E-state index in [0.29, 0.717) is 13.0 Å². The van der Waals surface area contributed by atoms with E-state index in [0.717, 1.165) is 32.4 Å². The molecule has 0 radical (unpaired) electrons. The number of nitrogens with two attached hydrogens (primary N) is 1. The average Bonchev–Trinajstić information content (AvgIpc) is 2.40. The fourth-order valence-electron chi connectivity index (χ4n) is 2.19. The van der Waals surface area contributed by atoms with Crippen LogP contribution in [0.15, 0.2) is 0 Å². The first-order chi connectivity index (χ1) is 9.05. The highest BCUT2D eigenvalue weighted by molar-refractivity contribution is 5.78. The van der Waals surface area contributed by atoms with E-state index < -0.39 is 0 Å². The van der Waals surface area contributed by atoms with Crippen LogP contribution in [0.25, 0.3) is 0 Å². The third-order valence-electron chi connectivity index (χ3n) is 3.57. The molecule has 1 saturated heterocycles. The molecule has 1 heterocycles. The van der Waals surface area contributed by atoms with Crippen molar-refractivity contribution in [3.8, 4) is 0 Å². The normalized spacial score (nSPS) is 18.9. The van der Waals surface area contributed by atoms with Crippen molar-refractivity contribution < 1.29 is 9.59 Å². The third kappa shape index (κ3) is 6.02. The lowest BCUT2D eigenvalue weighted by atomic mass is 10.0. The zero-order valence-corrected chi connectivity index (χ0v) is 11.9. The van der Waals surface area contributed by atoms with Gasteiger partial charge in [0.1, 0.15) is 0 Å². The number of nitrogens with zero attached hydrogens (tertiary/aromatic N) is 1. The van der Waals surface area contributed by atoms with Crippen LogP contribution >= 0.6 is 0 Å². The van der Waals surface area contributed by atoms with Crippen molar-refractivity contribution in [1.29, 1.82) is 0 Å². The Labute approximate surface area is 115 Å². The van der Waals surface area contributed by atoms with Gasteiger partial charge in [0.2, 0.25) is 11.8 Å². The number of likely N-dealkylation sites (N-methyl/N-ethyl adjacent to an activating group) is 1. The Morgan fingerprint density at radius 1 is 1.32 bits per heavy atom. The fraction of sp³-hybridized carbons (Fsp3) is 0.846. The molecule has 0 bridgehead atoms. The monoisotopic (exact) mass is 270 g/mol. The first-order valence-corrected chi connectivity index (χ1v) is 7.03. The van der Waals surface area contributed by atoms with Crippen molar-refractivity contribution in [1.82, 2.24) is 15.5 Å². The molecule has 1 aliphatic heterocycles. The van der Waals surface area contributed by atoms with Crippen LogP contribution in [-0.4, -0.2) is 55.5 Å². The quantitative estimate of drug-likeness (QED) is 0.604. The van der Waals surface area contributed by atoms with Crippen LogP contribution in [0.5, 0.6) is 0 Å². The predicted molar refractivity (Wildman–Crippen MR) is 74.6 cm³/mol. The Morgan fingerprint density at radius 2 is 1.95 bits per heavy atom. The van der Waals surface area contributed by atoms with Gasteiger partial charge in [0.25, 0.3) is 0 Å². The molecule has 0 spiro atoms. The minimum absolute atomic E-state index is 0.0383. The van der Waals surface area contributed by atoms with Crippen molar-refractivity contribution in [2.45, 2.75) is 44.7 Å². The zero-order valence-electron chi connectivity index (χ0n) is 11.9. The molecule has 0 aromatic heterocycles. The highest BCUT2D eigenvalue weighted by atomic mass is 16.2. The molecule has 1 fully saturated rings. The van der Waals surface area contributed by atoms with Crippen LogP contribution < -0.4 is 16.4 Å². The van der Waals surface area contributed by atoms with Gasteiger partial charge in [-0.1, -0.05) is 6.92 Å². The molecule has 1 aliphatic rings. The van der Waals surface area contributed by atoms with Gasteiger partial charge in [-0.05, 0) is 19.3 Å². The summed E-state index contributed by atoms with van der Waals surface area (Å²) in [5, 5.41) is 5.65. The minimum Gasteiger partial charge on any atom is -0.358 e. The maximum Gasteiger partial charge on any atom is 0.233 e. The zero-order chi connectivity index (χ0) is 14.3. The van der Waals surface area contributed by atoms with Gasteiger partial charge in [-0.15, -0.1) is 0 Å². The molecule has 2 amide bonds. The van der Waals surface area contributed by atoms with E-state index in [1.165, 1.54) is 0 Å². The molecule has 6 nitrogen and oxygen atoms in total. The van der Waals surface area contributed by atoms with Crippen molar-refractivity contribution in [3.63, 3.8) is 0 Å². The summed E-state index contributed by atoms with van der Waals surface area (Å²) in [6.07, 6.45) is 3.00. The van der Waals surface area contributed by atoms with Crippen molar-refractivity contribution >= 4 is 11.8 Å². The van der Waals surface area contributed by atoms with E-state index in [1.54, 1.807) is 7.05 Å². The molecule has 0 aromatic carbocycles. The van der Waals surface area contributed by atoms with E-state index in [-0.39, 0.29) is 23.9 Å². The van der Waals surface area contributed by atoms with Crippen molar-refractivity contribution in [3.05, 3.63) is 0 Å². The average molecular weight is 270 g/mol. The van der Waals surface area contributed by atoms with Crippen LogP contribution in [0.3, 0.4) is 0 Å². The topological polar surface area (TPSA) is 87.5 Å². The summed E-state index contributed by atoms with van der Waals surface area (Å²) in [4.78, 5) is 25.1. The maximum atomic E-state index is 11.7. The Hall–Kier alpha value is -1.14. The third-order valence-corrected chi connectivity index (χ3v) is 3.57. The summed E-state index contributed by atoms with van der Waals surface area (Å²) in [6.45, 7) is 4.11. The molecule has 1 atom stereocenters. The van der Waals surface area contributed by atoms with Crippen LogP contribution in [0, 0.1) is 0 Å². The van der Waals surface area contributed by atoms with E-state index in [4.69, 9.17) is 5.73 Å². The number of carbonyl (C=O) groups excluding carboxylic acids is 2. The van der Waals surface area contributed by atoms with Gasteiger partial charge >= 0.3 is 0 Å². The molecular weight excluding hydrogens is 244 g/mol. The van der Waals surface area contributed by atoms with Gasteiger partial charge in [0, 0.05) is 38.6 Å². The van der Waals surface area contributed by atoms with E-state index in [2.05, 4.69) is 15.5 Å². The number of piperidine rings is 1. The van der Waals surface area contributed by atoms with E-state index >= 15 is 0 Å². The Bertz CT molecular complexity index is 301.